The van der Waals surface area contributed by atoms with Crippen LogP contribution in [0.25, 0.3) is 0 Å². The number of amides is 1. The Morgan fingerprint density at radius 1 is 1.06 bits per heavy atom. The summed E-state index contributed by atoms with van der Waals surface area (Å²) in [5.74, 6) is -0.671. The van der Waals surface area contributed by atoms with Gasteiger partial charge in [0, 0.05) is 32.6 Å². The Morgan fingerprint density at radius 3 is 2.00 bits per heavy atom. The van der Waals surface area contributed by atoms with Crippen LogP contribution in [0.3, 0.4) is 0 Å². The molecule has 0 aromatic carbocycles. The Morgan fingerprint density at radius 2 is 1.61 bits per heavy atom. The fourth-order valence-corrected chi connectivity index (χ4v) is 1.66. The Bertz CT molecular complexity index is 282. The predicted octanol–water partition coefficient (Wildman–Crippen LogP) is 1.43. The first-order chi connectivity index (χ1) is 8.14. The van der Waals surface area contributed by atoms with E-state index in [-0.39, 0.29) is 17.9 Å². The van der Waals surface area contributed by atoms with Crippen LogP contribution in [0.2, 0.25) is 0 Å². The molecule has 5 nitrogen and oxygen atoms in total. The summed E-state index contributed by atoms with van der Waals surface area (Å²) >= 11 is 0. The van der Waals surface area contributed by atoms with Crippen molar-refractivity contribution in [3.05, 3.63) is 0 Å². The molecule has 0 unspecified atom stereocenters. The minimum absolute atomic E-state index is 0.0728. The van der Waals surface area contributed by atoms with E-state index in [1.54, 1.807) is 19.0 Å². The van der Waals surface area contributed by atoms with Crippen LogP contribution in [0.5, 0.6) is 0 Å². The van der Waals surface area contributed by atoms with E-state index in [0.717, 1.165) is 13.0 Å². The molecule has 18 heavy (non-hydrogen) atoms. The summed E-state index contributed by atoms with van der Waals surface area (Å²) in [5, 5.41) is 8.73. The highest BCUT2D eigenvalue weighted by Gasteiger charge is 2.21. The summed E-state index contributed by atoms with van der Waals surface area (Å²) in [6, 6.07) is 0. The summed E-state index contributed by atoms with van der Waals surface area (Å²) in [7, 11) is 3.49. The zero-order chi connectivity index (χ0) is 14.3. The molecule has 0 rings (SSSR count). The largest absolute Gasteiger partial charge is 0.481 e. The van der Waals surface area contributed by atoms with Crippen LogP contribution in [0, 0.1) is 0 Å². The second-order valence-corrected chi connectivity index (χ2v) is 5.69. The van der Waals surface area contributed by atoms with E-state index in [0.29, 0.717) is 13.0 Å². The Labute approximate surface area is 110 Å². The van der Waals surface area contributed by atoms with Gasteiger partial charge in [-0.05, 0) is 33.7 Å². The van der Waals surface area contributed by atoms with Crippen molar-refractivity contribution in [2.45, 2.75) is 45.6 Å². The summed E-state index contributed by atoms with van der Waals surface area (Å²) in [4.78, 5) is 25.8. The zero-order valence-electron chi connectivity index (χ0n) is 12.2. The Kier molecular flexibility index (Phi) is 6.91. The molecule has 0 aliphatic rings. The lowest BCUT2D eigenvalue weighted by Crippen LogP contribution is -2.43. The molecule has 0 fully saturated rings. The maximum atomic E-state index is 11.5. The third kappa shape index (κ3) is 7.27. The fraction of sp³-hybridized carbons (Fsp3) is 0.846. The highest BCUT2D eigenvalue weighted by Crippen LogP contribution is 2.14. The molecule has 1 N–H and O–H groups in total. The number of nitrogens with zero attached hydrogens (tertiary/aromatic N) is 2. The maximum Gasteiger partial charge on any atom is 0.304 e. The van der Waals surface area contributed by atoms with E-state index in [1.165, 1.54) is 0 Å². The highest BCUT2D eigenvalue weighted by molar-refractivity contribution is 5.75. The molecule has 0 aliphatic carbocycles. The minimum Gasteiger partial charge on any atom is -0.481 e. The fourth-order valence-electron chi connectivity index (χ4n) is 1.66. The SMILES string of the molecule is CN(C)C(=O)CCCN(CCC(=O)O)C(C)(C)C. The lowest BCUT2D eigenvalue weighted by atomic mass is 10.0. The summed E-state index contributed by atoms with van der Waals surface area (Å²) in [6.45, 7) is 7.44. The first kappa shape index (κ1) is 16.9. The van der Waals surface area contributed by atoms with Crippen LogP contribution in [-0.2, 0) is 9.59 Å². The van der Waals surface area contributed by atoms with E-state index in [9.17, 15) is 9.59 Å². The summed E-state index contributed by atoms with van der Waals surface area (Å²) in [6.07, 6.45) is 1.40. The summed E-state index contributed by atoms with van der Waals surface area (Å²) in [5.41, 5.74) is -0.0728. The zero-order valence-corrected chi connectivity index (χ0v) is 12.2. The molecule has 0 heterocycles. The van der Waals surface area contributed by atoms with E-state index in [2.05, 4.69) is 25.7 Å². The minimum atomic E-state index is -0.784. The van der Waals surface area contributed by atoms with Gasteiger partial charge in [-0.15, -0.1) is 0 Å². The molecule has 0 saturated carbocycles. The normalized spacial score (nSPS) is 11.7. The number of carbonyl (C=O) groups is 2. The Hall–Kier alpha value is -1.10. The highest BCUT2D eigenvalue weighted by atomic mass is 16.4. The quantitative estimate of drug-likeness (QED) is 0.750. The molecule has 0 radical (unpaired) electrons. The lowest BCUT2D eigenvalue weighted by Gasteiger charge is -2.35. The third-order valence-electron chi connectivity index (χ3n) is 2.86. The average Bonchev–Trinajstić information content (AvgIpc) is 2.20. The van der Waals surface area contributed by atoms with Gasteiger partial charge in [0.2, 0.25) is 5.91 Å². The van der Waals surface area contributed by atoms with Crippen molar-refractivity contribution in [1.29, 1.82) is 0 Å². The smallest absolute Gasteiger partial charge is 0.304 e. The van der Waals surface area contributed by atoms with Crippen LogP contribution in [0.1, 0.15) is 40.0 Å². The molecule has 5 heteroatoms. The van der Waals surface area contributed by atoms with Gasteiger partial charge in [0.25, 0.3) is 0 Å². The molecule has 0 bridgehead atoms. The molecule has 0 atom stereocenters. The Balaban J connectivity index is 4.18. The van der Waals surface area contributed by atoms with Gasteiger partial charge in [0.15, 0.2) is 0 Å². The molecular weight excluding hydrogens is 232 g/mol. The van der Waals surface area contributed by atoms with E-state index in [1.807, 2.05) is 0 Å². The van der Waals surface area contributed by atoms with Gasteiger partial charge < -0.3 is 10.0 Å². The molecule has 0 aromatic heterocycles. The van der Waals surface area contributed by atoms with Crippen molar-refractivity contribution in [3.8, 4) is 0 Å². The van der Waals surface area contributed by atoms with Gasteiger partial charge >= 0.3 is 5.97 Å². The van der Waals surface area contributed by atoms with Crippen LogP contribution < -0.4 is 0 Å². The van der Waals surface area contributed by atoms with Gasteiger partial charge in [0.05, 0.1) is 6.42 Å². The monoisotopic (exact) mass is 258 g/mol. The first-order valence-electron chi connectivity index (χ1n) is 6.31. The number of aliphatic carboxylic acids is 1. The van der Waals surface area contributed by atoms with Gasteiger partial charge in [-0.25, -0.2) is 0 Å². The van der Waals surface area contributed by atoms with Crippen LogP contribution >= 0.6 is 0 Å². The van der Waals surface area contributed by atoms with Crippen molar-refractivity contribution in [3.63, 3.8) is 0 Å². The molecule has 0 aromatic rings. The van der Waals surface area contributed by atoms with Crippen molar-refractivity contribution < 1.29 is 14.7 Å². The molecule has 106 valence electrons. The second-order valence-electron chi connectivity index (χ2n) is 5.69. The number of carboxylic acids is 1. The van der Waals surface area contributed by atoms with Crippen molar-refractivity contribution in [2.24, 2.45) is 0 Å². The van der Waals surface area contributed by atoms with Gasteiger partial charge in [0.1, 0.15) is 0 Å². The molecule has 0 spiro atoms. The topological polar surface area (TPSA) is 60.9 Å². The number of rotatable bonds is 7. The van der Waals surface area contributed by atoms with Crippen LogP contribution in [0.15, 0.2) is 0 Å². The number of carbonyl (C=O) groups excluding carboxylic acids is 1. The third-order valence-corrected chi connectivity index (χ3v) is 2.86. The van der Waals surface area contributed by atoms with Gasteiger partial charge in [-0.3, -0.25) is 14.5 Å². The standard InChI is InChI=1S/C13H26N2O3/c1-13(2,3)15(10-8-12(17)18)9-6-7-11(16)14(4)5/h6-10H2,1-5H3,(H,17,18). The van der Waals surface area contributed by atoms with Crippen molar-refractivity contribution in [2.75, 3.05) is 27.2 Å². The maximum absolute atomic E-state index is 11.5. The van der Waals surface area contributed by atoms with Crippen molar-refractivity contribution >= 4 is 11.9 Å². The van der Waals surface area contributed by atoms with E-state index < -0.39 is 5.97 Å². The predicted molar refractivity (Wildman–Crippen MR) is 71.5 cm³/mol. The number of hydrogen-bond acceptors (Lipinski definition) is 3. The molecule has 1 amide bonds. The molecule has 0 saturated heterocycles. The number of carboxylic acid groups (broad SMARTS) is 1. The van der Waals surface area contributed by atoms with E-state index in [4.69, 9.17) is 5.11 Å². The van der Waals surface area contributed by atoms with Crippen molar-refractivity contribution in [1.82, 2.24) is 9.80 Å². The van der Waals surface area contributed by atoms with E-state index >= 15 is 0 Å². The molecule has 0 aliphatic heterocycles. The lowest BCUT2D eigenvalue weighted by molar-refractivity contribution is -0.137. The van der Waals surface area contributed by atoms with Gasteiger partial charge in [-0.1, -0.05) is 0 Å². The number of hydrogen-bond donors (Lipinski definition) is 1. The summed E-state index contributed by atoms with van der Waals surface area (Å²) < 4.78 is 0. The second kappa shape index (κ2) is 7.36. The molecular formula is C13H26N2O3. The average molecular weight is 258 g/mol. The van der Waals surface area contributed by atoms with Crippen LogP contribution in [-0.4, -0.2) is 59.5 Å². The van der Waals surface area contributed by atoms with Crippen LogP contribution in [0.4, 0.5) is 0 Å². The van der Waals surface area contributed by atoms with Gasteiger partial charge in [-0.2, -0.15) is 0 Å². The first-order valence-corrected chi connectivity index (χ1v) is 6.31.